The lowest BCUT2D eigenvalue weighted by atomic mass is 10.1. The van der Waals surface area contributed by atoms with Crippen LogP contribution in [-0.2, 0) is 9.47 Å². The molecule has 1 aliphatic rings. The van der Waals surface area contributed by atoms with E-state index in [1.54, 1.807) is 22.8 Å². The van der Waals surface area contributed by atoms with Crippen molar-refractivity contribution in [3.05, 3.63) is 29.7 Å². The largest absolute Gasteiger partial charge is 0.465 e. The second-order valence-corrected chi connectivity index (χ2v) is 4.53. The van der Waals surface area contributed by atoms with Crippen LogP contribution in [0.2, 0.25) is 0 Å². The third-order valence-corrected chi connectivity index (χ3v) is 3.24. The Bertz CT molecular complexity index is 602. The highest BCUT2D eigenvalue weighted by atomic mass is 16.5. The van der Waals surface area contributed by atoms with Crippen LogP contribution < -0.4 is 0 Å². The number of pyridine rings is 1. The van der Waals surface area contributed by atoms with E-state index in [1.165, 1.54) is 7.11 Å². The fourth-order valence-corrected chi connectivity index (χ4v) is 2.22. The third kappa shape index (κ3) is 2.31. The quantitative estimate of drug-likeness (QED) is 0.771. The number of ether oxygens (including phenoxy) is 2. The molecule has 0 saturated carbocycles. The molecule has 0 amide bonds. The second kappa shape index (κ2) is 4.97. The molecule has 1 aliphatic heterocycles. The van der Waals surface area contributed by atoms with Crippen molar-refractivity contribution in [3.8, 4) is 0 Å². The van der Waals surface area contributed by atoms with Crippen LogP contribution in [0.1, 0.15) is 41.5 Å². The molecule has 0 aliphatic carbocycles. The zero-order chi connectivity index (χ0) is 13.2. The first-order chi connectivity index (χ1) is 9.28. The average Bonchev–Trinajstić information content (AvgIpc) is 2.90. The molecule has 1 fully saturated rings. The van der Waals surface area contributed by atoms with E-state index in [4.69, 9.17) is 4.74 Å². The zero-order valence-corrected chi connectivity index (χ0v) is 10.7. The number of rotatable bonds is 2. The summed E-state index contributed by atoms with van der Waals surface area (Å²) >= 11 is 0. The van der Waals surface area contributed by atoms with E-state index < -0.39 is 0 Å². The standard InChI is InChI=1S/C13H15N3O3/c1-18-13(17)9-5-6-16-11(8-9)14-12(15-16)10-4-2-3-7-19-10/h5-6,8,10H,2-4,7H2,1H3. The number of nitrogens with zero attached hydrogens (tertiary/aromatic N) is 3. The number of carbonyl (C=O) groups excluding carboxylic acids is 1. The summed E-state index contributed by atoms with van der Waals surface area (Å²) in [4.78, 5) is 15.9. The Morgan fingerprint density at radius 3 is 3.16 bits per heavy atom. The monoisotopic (exact) mass is 261 g/mol. The number of esters is 1. The van der Waals surface area contributed by atoms with Crippen molar-refractivity contribution >= 4 is 11.6 Å². The van der Waals surface area contributed by atoms with Gasteiger partial charge in [-0.2, -0.15) is 0 Å². The second-order valence-electron chi connectivity index (χ2n) is 4.53. The van der Waals surface area contributed by atoms with Crippen LogP contribution in [0.4, 0.5) is 0 Å². The Hall–Kier alpha value is -1.95. The van der Waals surface area contributed by atoms with Gasteiger partial charge in [0.05, 0.1) is 12.7 Å². The Labute approximate surface area is 110 Å². The van der Waals surface area contributed by atoms with Crippen LogP contribution in [-0.4, -0.2) is 34.3 Å². The molecular formula is C13H15N3O3. The lowest BCUT2D eigenvalue weighted by Crippen LogP contribution is -2.12. The van der Waals surface area contributed by atoms with Gasteiger partial charge in [-0.25, -0.2) is 14.3 Å². The molecule has 1 unspecified atom stereocenters. The molecular weight excluding hydrogens is 246 g/mol. The molecule has 1 saturated heterocycles. The van der Waals surface area contributed by atoms with E-state index in [0.717, 1.165) is 25.9 Å². The zero-order valence-electron chi connectivity index (χ0n) is 10.7. The van der Waals surface area contributed by atoms with Gasteiger partial charge in [-0.1, -0.05) is 0 Å². The minimum absolute atomic E-state index is 0.0322. The van der Waals surface area contributed by atoms with Crippen molar-refractivity contribution in [1.29, 1.82) is 0 Å². The molecule has 3 heterocycles. The van der Waals surface area contributed by atoms with E-state index in [0.29, 0.717) is 17.0 Å². The Balaban J connectivity index is 1.93. The first-order valence-electron chi connectivity index (χ1n) is 6.34. The molecule has 0 aromatic carbocycles. The highest BCUT2D eigenvalue weighted by Gasteiger charge is 2.21. The highest BCUT2D eigenvalue weighted by molar-refractivity contribution is 5.90. The maximum absolute atomic E-state index is 11.5. The smallest absolute Gasteiger partial charge is 0.338 e. The van der Waals surface area contributed by atoms with Crippen molar-refractivity contribution in [1.82, 2.24) is 14.6 Å². The summed E-state index contributed by atoms with van der Waals surface area (Å²) in [6, 6.07) is 3.34. The van der Waals surface area contributed by atoms with Crippen molar-refractivity contribution in [3.63, 3.8) is 0 Å². The molecule has 2 aromatic rings. The number of fused-ring (bicyclic) bond motifs is 1. The number of carbonyl (C=O) groups is 1. The summed E-state index contributed by atoms with van der Waals surface area (Å²) in [5, 5.41) is 4.39. The first kappa shape index (κ1) is 12.1. The molecule has 6 heteroatoms. The predicted octanol–water partition coefficient (Wildman–Crippen LogP) is 1.76. The van der Waals surface area contributed by atoms with Gasteiger partial charge in [0.1, 0.15) is 6.10 Å². The van der Waals surface area contributed by atoms with Gasteiger partial charge in [-0.15, -0.1) is 5.10 Å². The molecule has 6 nitrogen and oxygen atoms in total. The van der Waals surface area contributed by atoms with Gasteiger partial charge in [0.25, 0.3) is 0 Å². The van der Waals surface area contributed by atoms with E-state index >= 15 is 0 Å². The first-order valence-corrected chi connectivity index (χ1v) is 6.34. The van der Waals surface area contributed by atoms with Crippen LogP contribution in [0.5, 0.6) is 0 Å². The molecule has 1 atom stereocenters. The van der Waals surface area contributed by atoms with Crippen LogP contribution in [0.3, 0.4) is 0 Å². The summed E-state index contributed by atoms with van der Waals surface area (Å²) in [7, 11) is 1.36. The fourth-order valence-electron chi connectivity index (χ4n) is 2.22. The van der Waals surface area contributed by atoms with E-state index in [-0.39, 0.29) is 12.1 Å². The van der Waals surface area contributed by atoms with E-state index in [2.05, 4.69) is 14.8 Å². The maximum atomic E-state index is 11.5. The Kier molecular flexibility index (Phi) is 3.16. The van der Waals surface area contributed by atoms with E-state index in [9.17, 15) is 4.79 Å². The number of hydrogen-bond donors (Lipinski definition) is 0. The van der Waals surface area contributed by atoms with Gasteiger partial charge >= 0.3 is 5.97 Å². The van der Waals surface area contributed by atoms with Gasteiger partial charge < -0.3 is 9.47 Å². The molecule has 19 heavy (non-hydrogen) atoms. The van der Waals surface area contributed by atoms with E-state index in [1.807, 2.05) is 0 Å². The molecule has 100 valence electrons. The molecule has 0 spiro atoms. The summed E-state index contributed by atoms with van der Waals surface area (Å²) in [6.45, 7) is 0.758. The summed E-state index contributed by atoms with van der Waals surface area (Å²) in [5.41, 5.74) is 1.10. The minimum Gasteiger partial charge on any atom is -0.465 e. The predicted molar refractivity (Wildman–Crippen MR) is 66.9 cm³/mol. The number of aromatic nitrogens is 3. The van der Waals surface area contributed by atoms with Crippen molar-refractivity contribution in [2.24, 2.45) is 0 Å². The van der Waals surface area contributed by atoms with Gasteiger partial charge in [0.2, 0.25) is 0 Å². The normalized spacial score (nSPS) is 19.5. The number of hydrogen-bond acceptors (Lipinski definition) is 5. The van der Waals surface area contributed by atoms with Crippen molar-refractivity contribution in [2.45, 2.75) is 25.4 Å². The molecule has 0 bridgehead atoms. The van der Waals surface area contributed by atoms with Crippen molar-refractivity contribution < 1.29 is 14.3 Å². The topological polar surface area (TPSA) is 65.7 Å². The average molecular weight is 261 g/mol. The molecule has 2 aromatic heterocycles. The summed E-state index contributed by atoms with van der Waals surface area (Å²) < 4.78 is 12.0. The minimum atomic E-state index is -0.374. The lowest BCUT2D eigenvalue weighted by molar-refractivity contribution is 0.00961. The van der Waals surface area contributed by atoms with Crippen LogP contribution in [0.25, 0.3) is 5.65 Å². The van der Waals surface area contributed by atoms with Gasteiger partial charge in [0, 0.05) is 12.8 Å². The molecule has 0 radical (unpaired) electrons. The fraction of sp³-hybridized carbons (Fsp3) is 0.462. The summed E-state index contributed by atoms with van der Waals surface area (Å²) in [6.07, 6.45) is 4.85. The Morgan fingerprint density at radius 2 is 2.42 bits per heavy atom. The highest BCUT2D eigenvalue weighted by Crippen LogP contribution is 2.25. The van der Waals surface area contributed by atoms with Gasteiger partial charge in [-0.3, -0.25) is 0 Å². The van der Waals surface area contributed by atoms with Crippen molar-refractivity contribution in [2.75, 3.05) is 13.7 Å². The van der Waals surface area contributed by atoms with Crippen LogP contribution in [0.15, 0.2) is 18.3 Å². The molecule has 3 rings (SSSR count). The van der Waals surface area contributed by atoms with Gasteiger partial charge in [0.15, 0.2) is 11.5 Å². The SMILES string of the molecule is COC(=O)c1ccn2nc(C3CCCCO3)nc2c1. The summed E-state index contributed by atoms with van der Waals surface area (Å²) in [5.74, 6) is 0.308. The van der Waals surface area contributed by atoms with Crippen LogP contribution >= 0.6 is 0 Å². The third-order valence-electron chi connectivity index (χ3n) is 3.24. The lowest BCUT2D eigenvalue weighted by Gasteiger charge is -2.19. The number of methoxy groups -OCH3 is 1. The Morgan fingerprint density at radius 1 is 1.53 bits per heavy atom. The maximum Gasteiger partial charge on any atom is 0.338 e. The van der Waals surface area contributed by atoms with Gasteiger partial charge in [-0.05, 0) is 31.4 Å². The molecule has 0 N–H and O–H groups in total. The van der Waals surface area contributed by atoms with Crippen LogP contribution in [0, 0.1) is 0 Å².